The summed E-state index contributed by atoms with van der Waals surface area (Å²) in [5.41, 5.74) is 5.92. The first-order valence-electron chi connectivity index (χ1n) is 19.4. The van der Waals surface area contributed by atoms with Crippen molar-refractivity contribution >= 4 is 81.2 Å². The average Bonchev–Trinajstić information content (AvgIpc) is 3.20. The second-order valence-corrected chi connectivity index (χ2v) is 16.1. The number of likely N-dealkylation sites (N-methyl/N-ethyl adjacent to an activating group) is 2. The zero-order chi connectivity index (χ0) is 42.0. The van der Waals surface area contributed by atoms with Gasteiger partial charge >= 0.3 is 11.9 Å². The summed E-state index contributed by atoms with van der Waals surface area (Å²) in [6.45, 7) is 4.51. The van der Waals surface area contributed by atoms with Gasteiger partial charge in [-0.15, -0.1) is 0 Å². The first-order valence-corrected chi connectivity index (χ1v) is 21.9. The second-order valence-electron chi connectivity index (χ2n) is 13.4. The Bertz CT molecular complexity index is 1850. The van der Waals surface area contributed by atoms with Crippen molar-refractivity contribution in [1.82, 2.24) is 10.6 Å². The number of allylic oxidation sites excluding steroid dienone is 3. The van der Waals surface area contributed by atoms with Crippen LogP contribution in [0.2, 0.25) is 0 Å². The monoisotopic (exact) mass is 829 g/mol. The number of benzene rings is 2. The van der Waals surface area contributed by atoms with Gasteiger partial charge < -0.3 is 30.6 Å². The molecule has 58 heavy (non-hydrogen) atoms. The molecule has 1 aromatic heterocycles. The molecule has 14 heteroatoms. The van der Waals surface area contributed by atoms with Gasteiger partial charge in [-0.3, -0.25) is 24.2 Å². The van der Waals surface area contributed by atoms with Crippen molar-refractivity contribution in [3.8, 4) is 0 Å². The number of aliphatic carboxylic acids is 2. The molecule has 0 bridgehead atoms. The van der Waals surface area contributed by atoms with Gasteiger partial charge in [-0.2, -0.15) is 0 Å². The molecule has 0 spiro atoms. The minimum Gasteiger partial charge on any atom is -0.480 e. The Kier molecular flexibility index (Phi) is 22.2. The topological polar surface area (TPSA) is 156 Å². The largest absolute Gasteiger partial charge is 0.480 e. The number of carboxylic acid groups (broad SMARTS) is 2. The second kappa shape index (κ2) is 27.3. The highest BCUT2D eigenvalue weighted by Crippen LogP contribution is 2.20. The lowest BCUT2D eigenvalue weighted by molar-refractivity contribution is -0.697. The fourth-order valence-electron chi connectivity index (χ4n) is 5.42. The van der Waals surface area contributed by atoms with E-state index in [0.29, 0.717) is 38.9 Å². The van der Waals surface area contributed by atoms with Crippen LogP contribution in [0, 0.1) is 0 Å². The molecule has 3 aromatic rings. The summed E-state index contributed by atoms with van der Waals surface area (Å²) >= 11 is 0. The Morgan fingerprint density at radius 2 is 1.19 bits per heavy atom. The van der Waals surface area contributed by atoms with E-state index in [1.54, 1.807) is 51.7 Å². The molecule has 0 saturated carbocycles. The number of carbonyl (C=O) groups excluding carboxylic acids is 2. The summed E-state index contributed by atoms with van der Waals surface area (Å²) in [5.74, 6) is -0.0782. The van der Waals surface area contributed by atoms with Gasteiger partial charge in [-0.25, -0.2) is 4.57 Å². The predicted molar refractivity (Wildman–Crippen MR) is 240 cm³/mol. The lowest BCUT2D eigenvalue weighted by atomic mass is 10.1. The molecule has 12 nitrogen and oxygen atoms in total. The molecule has 0 aliphatic carbocycles. The van der Waals surface area contributed by atoms with E-state index in [0.717, 1.165) is 64.5 Å². The van der Waals surface area contributed by atoms with E-state index in [2.05, 4.69) is 27.1 Å². The molecule has 0 aliphatic rings. The third kappa shape index (κ3) is 20.2. The number of hydrogen-bond donors (Lipinski definition) is 4. The number of aliphatic imine (C=N–C) groups is 1. The number of rotatable bonds is 27. The van der Waals surface area contributed by atoms with Crippen molar-refractivity contribution < 1.29 is 34.0 Å². The van der Waals surface area contributed by atoms with Crippen molar-refractivity contribution in [3.63, 3.8) is 0 Å². The van der Waals surface area contributed by atoms with E-state index in [1.165, 1.54) is 0 Å². The Labute approximate surface area is 350 Å². The quantitative estimate of drug-likeness (QED) is 0.0221. The molecule has 310 valence electrons. The van der Waals surface area contributed by atoms with E-state index in [-0.39, 0.29) is 24.9 Å². The Morgan fingerprint density at radius 3 is 1.69 bits per heavy atom. The Balaban J connectivity index is 1.17. The fourth-order valence-corrected chi connectivity index (χ4v) is 7.23. The molecule has 3 rings (SSSR count). The van der Waals surface area contributed by atoms with Crippen molar-refractivity contribution in [1.29, 1.82) is 0 Å². The molecule has 0 saturated heterocycles. The SMILES string of the molecule is CCC(/C=C/c1ccc(N(C)CC(=O)O)cc1)=C\C=NCCCC(=O)NCCSSCCNC(=O)CCC[n+]1ccc(C=Cc2ccc(N(C)CC(=O)O)cc2)cc1. The minimum absolute atomic E-state index is 0.0235. The number of pyridine rings is 1. The van der Waals surface area contributed by atoms with Crippen LogP contribution in [0.1, 0.15) is 55.7 Å². The number of nitrogens with one attached hydrogen (secondary N) is 2. The highest BCUT2D eigenvalue weighted by molar-refractivity contribution is 8.76. The van der Waals surface area contributed by atoms with E-state index >= 15 is 0 Å². The van der Waals surface area contributed by atoms with E-state index in [4.69, 9.17) is 10.2 Å². The van der Waals surface area contributed by atoms with Crippen molar-refractivity contribution in [3.05, 3.63) is 107 Å². The van der Waals surface area contributed by atoms with Crippen LogP contribution >= 0.6 is 21.6 Å². The first kappa shape index (κ1) is 47.0. The normalized spacial score (nSPS) is 11.7. The molecule has 0 unspecified atom stereocenters. The maximum Gasteiger partial charge on any atom is 0.323 e. The van der Waals surface area contributed by atoms with Crippen LogP contribution in [0.15, 0.2) is 95.8 Å². The van der Waals surface area contributed by atoms with Crippen LogP contribution in [0.25, 0.3) is 18.2 Å². The molecule has 0 atom stereocenters. The maximum absolute atomic E-state index is 12.3. The van der Waals surface area contributed by atoms with Gasteiger partial charge in [0.1, 0.15) is 19.6 Å². The zero-order valence-electron chi connectivity index (χ0n) is 33.7. The third-order valence-electron chi connectivity index (χ3n) is 8.70. The molecule has 1 heterocycles. The fraction of sp³-hybridized carbons (Fsp3) is 0.364. The molecule has 0 radical (unpaired) electrons. The van der Waals surface area contributed by atoms with Crippen LogP contribution in [-0.2, 0) is 25.7 Å². The van der Waals surface area contributed by atoms with Gasteiger partial charge in [0.15, 0.2) is 12.4 Å². The van der Waals surface area contributed by atoms with Crippen molar-refractivity contribution in [2.75, 3.05) is 68.1 Å². The molecule has 2 amide bonds. The number of aryl methyl sites for hydroxylation is 1. The van der Waals surface area contributed by atoms with Crippen molar-refractivity contribution in [2.45, 2.75) is 45.6 Å². The minimum atomic E-state index is -0.867. The number of nitrogens with zero attached hydrogens (tertiary/aromatic N) is 4. The highest BCUT2D eigenvalue weighted by Gasteiger charge is 2.08. The molecule has 0 aliphatic heterocycles. The lowest BCUT2D eigenvalue weighted by Gasteiger charge is -2.16. The van der Waals surface area contributed by atoms with E-state index < -0.39 is 11.9 Å². The summed E-state index contributed by atoms with van der Waals surface area (Å²) in [7, 11) is 6.87. The highest BCUT2D eigenvalue weighted by atomic mass is 33.1. The van der Waals surface area contributed by atoms with Crippen molar-refractivity contribution in [2.24, 2.45) is 4.99 Å². The first-order chi connectivity index (χ1) is 28.0. The number of anilines is 2. The van der Waals surface area contributed by atoms with Gasteiger partial charge in [0.25, 0.3) is 0 Å². The average molecular weight is 830 g/mol. The van der Waals surface area contributed by atoms with Gasteiger partial charge in [0.2, 0.25) is 11.8 Å². The van der Waals surface area contributed by atoms with Gasteiger partial charge in [-0.1, -0.05) is 77.1 Å². The van der Waals surface area contributed by atoms with Crippen LogP contribution in [0.4, 0.5) is 11.4 Å². The predicted octanol–water partition coefficient (Wildman–Crippen LogP) is 6.48. The third-order valence-corrected chi connectivity index (χ3v) is 11.1. The summed E-state index contributed by atoms with van der Waals surface area (Å²) < 4.78 is 2.07. The number of carbonyl (C=O) groups is 4. The number of amides is 2. The molecular weight excluding hydrogens is 773 g/mol. The Morgan fingerprint density at radius 1 is 0.707 bits per heavy atom. The van der Waals surface area contributed by atoms with E-state index in [1.807, 2.05) is 103 Å². The molecular formula is C44H57N6O6S2+. The Hall–Kier alpha value is -5.34. The van der Waals surface area contributed by atoms with Gasteiger partial charge in [0.05, 0.1) is 0 Å². The number of carboxylic acids is 2. The van der Waals surface area contributed by atoms with Crippen LogP contribution < -0.4 is 25.0 Å². The summed E-state index contributed by atoms with van der Waals surface area (Å²) in [4.78, 5) is 54.1. The molecule has 0 fully saturated rings. The van der Waals surface area contributed by atoms with Crippen LogP contribution in [-0.4, -0.2) is 98.5 Å². The van der Waals surface area contributed by atoms with Crippen LogP contribution in [0.5, 0.6) is 0 Å². The zero-order valence-corrected chi connectivity index (χ0v) is 35.4. The van der Waals surface area contributed by atoms with Gasteiger partial charge in [0, 0.05) is 94.2 Å². The molecule has 2 aromatic carbocycles. The lowest BCUT2D eigenvalue weighted by Crippen LogP contribution is -2.34. The van der Waals surface area contributed by atoms with E-state index in [9.17, 15) is 19.2 Å². The summed E-state index contributed by atoms with van der Waals surface area (Å²) in [6.07, 6.45) is 19.1. The maximum atomic E-state index is 12.3. The summed E-state index contributed by atoms with van der Waals surface area (Å²) in [5, 5.41) is 23.9. The smallest absolute Gasteiger partial charge is 0.323 e. The number of aromatic nitrogens is 1. The van der Waals surface area contributed by atoms with Crippen LogP contribution in [0.3, 0.4) is 0 Å². The molecule has 4 N–H and O–H groups in total. The number of hydrogen-bond acceptors (Lipinski definition) is 9. The van der Waals surface area contributed by atoms with Gasteiger partial charge in [-0.05, 0) is 65.4 Å². The summed E-state index contributed by atoms with van der Waals surface area (Å²) in [6, 6.07) is 19.5. The standard InChI is InChI=1S/C44H56N6O6S2/c1-4-35(9-10-36-13-17-39(18-14-36)48(2)33-43(53)54)21-25-45-24-5-7-41(51)46-26-31-57-58-32-27-47-42(52)8-6-28-50-29-22-38(23-30-50)12-11-37-15-19-40(20-16-37)49(3)34-44(55)56/h9-23,25,29-30H,4-8,24,26-28,31-34H2,1-3H3,(H3-,46,47,51,52,53,54,55,56)/p+1/b10-9+,35-21+,45-25?.